The third kappa shape index (κ3) is 15.8. The monoisotopic (exact) mass is 1820 g/mol. The largest absolute Gasteiger partial charge is 2.00 e. The van der Waals surface area contributed by atoms with Gasteiger partial charge in [-0.05, 0) is 247 Å². The molecule has 0 aliphatic rings. The van der Waals surface area contributed by atoms with Gasteiger partial charge in [-0.2, -0.15) is 29.4 Å². The molecule has 0 fully saturated rings. The number of rotatable bonds is 16. The van der Waals surface area contributed by atoms with Crippen molar-refractivity contribution in [1.82, 2.24) is 52.4 Å². The van der Waals surface area contributed by atoms with Crippen molar-refractivity contribution in [3.63, 3.8) is 0 Å². The molecule has 0 bridgehead atoms. The molecule has 12 heteroatoms. The van der Waals surface area contributed by atoms with Crippen LogP contribution in [-0.2, 0) is 40.3 Å². The summed E-state index contributed by atoms with van der Waals surface area (Å²) in [6.45, 7) is 26.5. The van der Waals surface area contributed by atoms with E-state index in [4.69, 9.17) is 15.0 Å². The third-order valence-electron chi connectivity index (χ3n) is 25.5. The van der Waals surface area contributed by atoms with Crippen LogP contribution in [0.15, 0.2) is 316 Å². The average molecular weight is 1820 g/mol. The zero-order valence-corrected chi connectivity index (χ0v) is 76.0. The van der Waals surface area contributed by atoms with Crippen LogP contribution in [0.2, 0.25) is 0 Å². The van der Waals surface area contributed by atoms with Gasteiger partial charge in [0, 0.05) is 96.6 Å². The number of fused-ring (bicyclic) bond motifs is 18. The summed E-state index contributed by atoms with van der Waals surface area (Å²) in [6, 6.07) is 109. The number of hydrogen-bond acceptors (Lipinski definition) is 5. The van der Waals surface area contributed by atoms with Gasteiger partial charge < -0.3 is 27.7 Å². The van der Waals surface area contributed by atoms with E-state index in [0.29, 0.717) is 11.8 Å². The minimum absolute atomic E-state index is 0. The van der Waals surface area contributed by atoms with E-state index in [0.717, 1.165) is 116 Å². The molecular weight excluding hydrogens is 1720 g/mol. The molecule has 0 saturated carbocycles. The number of benzene rings is 12. The normalized spacial score (nSPS) is 12.3. The Labute approximate surface area is 751 Å². The van der Waals surface area contributed by atoms with E-state index in [1.165, 1.54) is 145 Å². The zero-order valence-electron chi connectivity index (χ0n) is 73.7. The van der Waals surface area contributed by atoms with Crippen LogP contribution in [0.3, 0.4) is 0 Å². The molecule has 0 spiro atoms. The Kier molecular flexibility index (Phi) is 23.5. The molecule has 0 saturated heterocycles. The van der Waals surface area contributed by atoms with Gasteiger partial charge in [-0.15, -0.1) is 18.2 Å². The fraction of sp³-hybridized carbons (Fsp3) is 0.184. The molecular formula is C114H103N11Pt. The van der Waals surface area contributed by atoms with Crippen molar-refractivity contribution in [1.29, 1.82) is 0 Å². The average Bonchev–Trinajstić information content (AvgIpc) is 1.36. The first kappa shape index (κ1) is 83.3. The van der Waals surface area contributed by atoms with Crippen molar-refractivity contribution in [3.05, 3.63) is 379 Å². The van der Waals surface area contributed by atoms with E-state index in [-0.39, 0.29) is 21.1 Å². The van der Waals surface area contributed by atoms with Crippen LogP contribution in [0.25, 0.3) is 166 Å². The molecule has 3 unspecified atom stereocenters. The maximum absolute atomic E-state index is 4.78. The Balaban J connectivity index is 0.000000118. The molecule has 0 N–H and O–H groups in total. The molecule has 0 aliphatic heterocycles. The molecule has 0 amide bonds. The summed E-state index contributed by atoms with van der Waals surface area (Å²) >= 11 is 0. The molecule has 126 heavy (non-hydrogen) atoms. The molecule has 11 nitrogen and oxygen atoms in total. The third-order valence-corrected chi connectivity index (χ3v) is 25.5. The quantitative estimate of drug-likeness (QED) is 0.0710. The van der Waals surface area contributed by atoms with Crippen LogP contribution in [-0.4, -0.2) is 52.4 Å². The number of pyridine rings is 4. The van der Waals surface area contributed by atoms with Gasteiger partial charge in [0.1, 0.15) is 0 Å². The Bertz CT molecular complexity index is 7300. The summed E-state index contributed by atoms with van der Waals surface area (Å²) in [7, 11) is 0. The van der Waals surface area contributed by atoms with Crippen LogP contribution < -0.4 is 0 Å². The predicted molar refractivity (Wildman–Crippen MR) is 524 cm³/mol. The van der Waals surface area contributed by atoms with Gasteiger partial charge in [-0.25, -0.2) is 0 Å². The first-order valence-corrected chi connectivity index (χ1v) is 44.3. The maximum Gasteiger partial charge on any atom is 2.00 e. The number of hydrogen-bond donors (Lipinski definition) is 0. The van der Waals surface area contributed by atoms with Crippen LogP contribution in [0, 0.1) is 71.4 Å². The maximum atomic E-state index is 4.78. The van der Waals surface area contributed by atoms with Crippen molar-refractivity contribution < 1.29 is 21.1 Å². The molecule has 12 aromatic carbocycles. The Morgan fingerprint density at radius 3 is 1.26 bits per heavy atom. The Morgan fingerprint density at radius 1 is 0.349 bits per heavy atom. The van der Waals surface area contributed by atoms with E-state index in [1.807, 2.05) is 79.6 Å². The summed E-state index contributed by atoms with van der Waals surface area (Å²) in [5.41, 5.74) is 36.5. The van der Waals surface area contributed by atoms with Gasteiger partial charge in [0.25, 0.3) is 0 Å². The molecule has 10 aromatic heterocycles. The molecule has 22 aromatic rings. The molecule has 10 heterocycles. The molecule has 624 valence electrons. The zero-order chi connectivity index (χ0) is 85.7. The van der Waals surface area contributed by atoms with Crippen LogP contribution in [0.4, 0.5) is 0 Å². The van der Waals surface area contributed by atoms with Gasteiger partial charge in [0.15, 0.2) is 0 Å². The van der Waals surface area contributed by atoms with Crippen molar-refractivity contribution in [3.8, 4) is 50.7 Å². The number of aromatic nitrogens is 11. The second-order valence-electron chi connectivity index (χ2n) is 34.4. The smallest absolute Gasteiger partial charge is 0.348 e. The molecule has 0 aliphatic carbocycles. The van der Waals surface area contributed by atoms with E-state index >= 15 is 0 Å². The van der Waals surface area contributed by atoms with Gasteiger partial charge in [0.2, 0.25) is 0 Å². The fourth-order valence-electron chi connectivity index (χ4n) is 18.9. The molecule has 22 rings (SSSR count). The van der Waals surface area contributed by atoms with E-state index in [9.17, 15) is 0 Å². The second-order valence-corrected chi connectivity index (χ2v) is 34.4. The SMILES string of the molecule is CCC(C)Cc1cc(-n2c3ccccc3c3ncccc32)cc(-n2c3ccccc3c3ncccc32)c1.CCC(C)Cc1cc(C)c(-c2cnn(-c3[c-]cccc3)c2)c(C)c1.CCC(C)Cc1ccc(-c2cc(-n3c4ccccc4c4ccccc43)cc(-n3c4ccccc4c4ccccc43)c2)cc1.Cc1c[c-]c2c(n1)c1c(C)ccc(C)c1n1cc(C)nc21.[Pt+2]. The summed E-state index contributed by atoms with van der Waals surface area (Å²) < 4.78 is 13.7. The first-order valence-electron chi connectivity index (χ1n) is 44.3. The summed E-state index contributed by atoms with van der Waals surface area (Å²) in [5.74, 6) is 2.01. The van der Waals surface area contributed by atoms with Crippen molar-refractivity contribution >= 4 is 115 Å². The topological polar surface area (TPSA) is 93.5 Å². The second kappa shape index (κ2) is 35.6. The van der Waals surface area contributed by atoms with Gasteiger partial charge >= 0.3 is 21.1 Å². The van der Waals surface area contributed by atoms with Gasteiger partial charge in [-0.1, -0.05) is 231 Å². The van der Waals surface area contributed by atoms with Crippen LogP contribution in [0.1, 0.15) is 111 Å². The minimum atomic E-state index is 0. The van der Waals surface area contributed by atoms with Crippen molar-refractivity contribution in [2.24, 2.45) is 17.8 Å². The first-order chi connectivity index (χ1) is 61.1. The Hall–Kier alpha value is -13.6. The number of aryl methyl sites for hydroxylation is 6. The van der Waals surface area contributed by atoms with E-state index < -0.39 is 0 Å². The minimum Gasteiger partial charge on any atom is -0.348 e. The van der Waals surface area contributed by atoms with Crippen molar-refractivity contribution in [2.45, 2.75) is 122 Å². The molecule has 3 atom stereocenters. The van der Waals surface area contributed by atoms with Crippen LogP contribution in [0.5, 0.6) is 0 Å². The van der Waals surface area contributed by atoms with E-state index in [2.05, 4.69) is 369 Å². The standard InChI is InChI=1S/C41H34N2.C33H28N4.C22H25N2.C18H16N3.Pt/c1-3-28(2)24-29-20-22-30(23-21-29)31-25-32(42-38-16-8-4-12-34(38)35-13-5-9-17-39(35)42)27-33(26-31)43-40-18-10-6-14-36(40)37-15-7-11-19-41(37)43;1-3-22(2)18-23-19-24(36-28-12-6-4-10-26(28)32-30(36)14-8-16-34-32)21-25(20-23)37-29-13-7-5-11-27(29)33-31(37)15-9-17-35-33;1-5-16(2)11-19-12-17(3)22(18(4)13-19)20-14-23-24(15-20)21-9-7-6-8-10-21;1-10-5-6-11(2)17-15(10)16-14(8-7-12(3)19-16)18-20-13(4)9-21(17)18;/h4-23,25-28H,3,24H2,1-2H3;4-17,19-22H,3,18H2,1-2H3;6-9,12-16H,5,11H2,1-4H3;5-7,9H,1-4H3;/q;;2*-1;+2. The number of nitrogens with zero attached hydrogens (tertiary/aromatic N) is 11. The molecule has 0 radical (unpaired) electrons. The summed E-state index contributed by atoms with van der Waals surface area (Å²) in [4.78, 5) is 19.0. The fourth-order valence-corrected chi connectivity index (χ4v) is 18.9. The van der Waals surface area contributed by atoms with Gasteiger partial charge in [0.05, 0.1) is 67.0 Å². The summed E-state index contributed by atoms with van der Waals surface area (Å²) in [6.07, 6.45) is 16.8. The van der Waals surface area contributed by atoms with Crippen molar-refractivity contribution in [2.75, 3.05) is 0 Å². The predicted octanol–water partition coefficient (Wildman–Crippen LogP) is 29.0. The van der Waals surface area contributed by atoms with Gasteiger partial charge in [-0.3, -0.25) is 19.6 Å². The number of para-hydroxylation sites is 7. The summed E-state index contributed by atoms with van der Waals surface area (Å²) in [5, 5.41) is 14.2. The van der Waals surface area contributed by atoms with E-state index in [1.54, 1.807) is 0 Å². The Morgan fingerprint density at radius 2 is 0.778 bits per heavy atom. The number of imidazole rings is 1. The van der Waals surface area contributed by atoms with Crippen LogP contribution >= 0.6 is 0 Å².